The third kappa shape index (κ3) is 5.15. The highest BCUT2D eigenvalue weighted by molar-refractivity contribution is 7.13. The van der Waals surface area contributed by atoms with E-state index in [1.54, 1.807) is 34.7 Å². The van der Waals surface area contributed by atoms with E-state index in [0.717, 1.165) is 37.2 Å². The Morgan fingerprint density at radius 2 is 2.00 bits per heavy atom. The summed E-state index contributed by atoms with van der Waals surface area (Å²) in [5, 5.41) is 14.6. The van der Waals surface area contributed by atoms with Crippen molar-refractivity contribution in [3.05, 3.63) is 75.9 Å². The van der Waals surface area contributed by atoms with Crippen LogP contribution in [-0.2, 0) is 17.8 Å². The first-order chi connectivity index (χ1) is 20.4. The van der Waals surface area contributed by atoms with Crippen LogP contribution in [0.1, 0.15) is 30.3 Å². The molecule has 0 bridgehead atoms. The van der Waals surface area contributed by atoms with Crippen molar-refractivity contribution in [2.75, 3.05) is 18.4 Å². The van der Waals surface area contributed by atoms with E-state index in [9.17, 15) is 9.18 Å². The molecule has 0 unspecified atom stereocenters. The number of piperidine rings is 1. The third-order valence-corrected chi connectivity index (χ3v) is 9.07. The van der Waals surface area contributed by atoms with Crippen LogP contribution in [0.15, 0.2) is 54.4 Å². The van der Waals surface area contributed by atoms with Crippen molar-refractivity contribution in [3.63, 3.8) is 0 Å². The molecule has 0 aliphatic carbocycles. The van der Waals surface area contributed by atoms with Gasteiger partial charge in [-0.1, -0.05) is 35.3 Å². The summed E-state index contributed by atoms with van der Waals surface area (Å²) in [4.78, 5) is 22.3. The maximum atomic E-state index is 14.3. The first kappa shape index (κ1) is 27.3. The molecule has 2 aliphatic rings. The minimum Gasteiger partial charge on any atom is -0.490 e. The number of amides is 1. The number of thiazole rings is 1. The molecule has 0 saturated carbocycles. The Balaban J connectivity index is 1.25. The summed E-state index contributed by atoms with van der Waals surface area (Å²) in [5.74, 6) is 0.397. The molecule has 9 nitrogen and oxygen atoms in total. The molecule has 216 valence electrons. The van der Waals surface area contributed by atoms with Crippen molar-refractivity contribution in [2.24, 2.45) is 0 Å². The number of hydrogen-bond acceptors (Lipinski definition) is 7. The fraction of sp³-hybridized carbons (Fsp3) is 0.310. The zero-order chi connectivity index (χ0) is 28.8. The van der Waals surface area contributed by atoms with E-state index in [4.69, 9.17) is 33.0 Å². The number of benzene rings is 2. The Morgan fingerprint density at radius 1 is 1.19 bits per heavy atom. The molecule has 2 aliphatic heterocycles. The second-order valence-corrected chi connectivity index (χ2v) is 12.1. The molecule has 5 aromatic rings. The lowest BCUT2D eigenvalue weighted by Gasteiger charge is -2.23. The number of halogens is 3. The number of fused-ring (bicyclic) bond motifs is 2. The quantitative estimate of drug-likeness (QED) is 0.233. The fourth-order valence-corrected chi connectivity index (χ4v) is 6.71. The Kier molecular flexibility index (Phi) is 7.35. The number of anilines is 1. The highest BCUT2D eigenvalue weighted by Gasteiger charge is 2.34. The summed E-state index contributed by atoms with van der Waals surface area (Å²) in [7, 11) is 0. The predicted molar refractivity (Wildman–Crippen MR) is 161 cm³/mol. The number of alkyl halides is 1. The van der Waals surface area contributed by atoms with Crippen LogP contribution in [-0.4, -0.2) is 55.6 Å². The SMILES string of the molecule is O=C(Nc1nccs1)[C@@H](c1ncn2c1C[C@@H](F)C2)n1cc2c(Cl)cc(-c3ccc(OC4CCNCC4)cc3)c(Cl)c2n1. The Hall–Kier alpha value is -3.51. The second kappa shape index (κ2) is 11.3. The molecule has 5 heterocycles. The molecule has 1 fully saturated rings. The topological polar surface area (TPSA) is 98.9 Å². The maximum absolute atomic E-state index is 14.3. The van der Waals surface area contributed by atoms with Gasteiger partial charge in [0.25, 0.3) is 5.91 Å². The molecule has 1 amide bonds. The summed E-state index contributed by atoms with van der Waals surface area (Å²) < 4.78 is 23.7. The van der Waals surface area contributed by atoms with Gasteiger partial charge in [0.15, 0.2) is 11.2 Å². The van der Waals surface area contributed by atoms with E-state index in [1.165, 1.54) is 16.0 Å². The molecule has 42 heavy (non-hydrogen) atoms. The average molecular weight is 627 g/mol. The van der Waals surface area contributed by atoms with Crippen molar-refractivity contribution >= 4 is 56.5 Å². The highest BCUT2D eigenvalue weighted by Crippen LogP contribution is 2.40. The molecule has 1 saturated heterocycles. The van der Waals surface area contributed by atoms with Gasteiger partial charge in [-0.25, -0.2) is 14.4 Å². The monoisotopic (exact) mass is 625 g/mol. The van der Waals surface area contributed by atoms with Gasteiger partial charge in [0.2, 0.25) is 0 Å². The van der Waals surface area contributed by atoms with Crippen LogP contribution in [0.4, 0.5) is 9.52 Å². The molecule has 7 rings (SSSR count). The van der Waals surface area contributed by atoms with Gasteiger partial charge in [-0.3, -0.25) is 14.8 Å². The van der Waals surface area contributed by atoms with Gasteiger partial charge in [-0.2, -0.15) is 5.10 Å². The van der Waals surface area contributed by atoms with E-state index in [-0.39, 0.29) is 19.1 Å². The van der Waals surface area contributed by atoms with E-state index in [0.29, 0.717) is 43.0 Å². The van der Waals surface area contributed by atoms with Crippen LogP contribution >= 0.6 is 34.5 Å². The summed E-state index contributed by atoms with van der Waals surface area (Å²) in [5.41, 5.74) is 3.09. The van der Waals surface area contributed by atoms with Crippen LogP contribution in [0.5, 0.6) is 5.75 Å². The van der Waals surface area contributed by atoms with Crippen molar-refractivity contribution in [2.45, 2.75) is 44.1 Å². The molecule has 0 spiro atoms. The van der Waals surface area contributed by atoms with Crippen LogP contribution in [0.3, 0.4) is 0 Å². The molecule has 0 radical (unpaired) electrons. The Morgan fingerprint density at radius 3 is 2.76 bits per heavy atom. The third-order valence-electron chi connectivity index (χ3n) is 7.68. The van der Waals surface area contributed by atoms with E-state index >= 15 is 0 Å². The van der Waals surface area contributed by atoms with Crippen LogP contribution in [0.2, 0.25) is 10.0 Å². The van der Waals surface area contributed by atoms with Gasteiger partial charge in [-0.15, -0.1) is 11.3 Å². The molecule has 2 N–H and O–H groups in total. The number of nitrogens with one attached hydrogen (secondary N) is 2. The van der Waals surface area contributed by atoms with Crippen molar-refractivity contribution < 1.29 is 13.9 Å². The van der Waals surface area contributed by atoms with Crippen molar-refractivity contribution in [1.82, 2.24) is 29.6 Å². The minimum absolute atomic E-state index is 0.167. The molecular formula is C29H26Cl2FN7O2S. The molecule has 13 heteroatoms. The summed E-state index contributed by atoms with van der Waals surface area (Å²) in [6.07, 6.45) is 6.12. The van der Waals surface area contributed by atoms with E-state index in [2.05, 4.69) is 20.6 Å². The zero-order valence-electron chi connectivity index (χ0n) is 22.3. The zero-order valence-corrected chi connectivity index (χ0v) is 24.6. The lowest BCUT2D eigenvalue weighted by Crippen LogP contribution is -2.34. The lowest BCUT2D eigenvalue weighted by molar-refractivity contribution is -0.118. The lowest BCUT2D eigenvalue weighted by atomic mass is 10.0. The van der Waals surface area contributed by atoms with Gasteiger partial charge in [0.05, 0.1) is 28.6 Å². The first-order valence-electron chi connectivity index (χ1n) is 13.7. The van der Waals surface area contributed by atoms with Gasteiger partial charge in [-0.05, 0) is 49.7 Å². The van der Waals surface area contributed by atoms with Crippen LogP contribution < -0.4 is 15.4 Å². The minimum atomic E-state index is -1.04. The first-order valence-corrected chi connectivity index (χ1v) is 15.3. The number of ether oxygens (including phenoxy) is 1. The average Bonchev–Trinajstić information content (AvgIpc) is 3.79. The van der Waals surface area contributed by atoms with Gasteiger partial charge < -0.3 is 14.6 Å². The molecule has 3 aromatic heterocycles. The Labute approximate surface area is 254 Å². The van der Waals surface area contributed by atoms with E-state index < -0.39 is 18.1 Å². The van der Waals surface area contributed by atoms with Gasteiger partial charge in [0.1, 0.15) is 23.5 Å². The molecule has 2 atom stereocenters. The predicted octanol–water partition coefficient (Wildman–Crippen LogP) is 5.92. The maximum Gasteiger partial charge on any atom is 0.257 e. The smallest absolute Gasteiger partial charge is 0.257 e. The molecule has 2 aromatic carbocycles. The standard InChI is InChI=1S/C29H26Cl2FN7O2S/c30-22-12-20(16-1-3-18(4-2-16)41-19-5-7-33-8-6-19)24(31)25-21(22)14-39(37-25)27(28(40)36-29-34-9-10-42-29)26-23-11-17(32)13-38(23)15-35-26/h1-4,9-10,12,14-15,17,19,27,33H,5-8,11,13H2,(H,34,36,40)/t17-,27-/m1/s1. The molecular weight excluding hydrogens is 600 g/mol. The fourth-order valence-electron chi connectivity index (χ4n) is 5.63. The Bertz CT molecular complexity index is 1750. The number of nitrogens with zero attached hydrogens (tertiary/aromatic N) is 5. The van der Waals surface area contributed by atoms with Gasteiger partial charge >= 0.3 is 0 Å². The largest absolute Gasteiger partial charge is 0.490 e. The highest BCUT2D eigenvalue weighted by atomic mass is 35.5. The second-order valence-electron chi connectivity index (χ2n) is 10.4. The summed E-state index contributed by atoms with van der Waals surface area (Å²) in [6.45, 7) is 2.11. The van der Waals surface area contributed by atoms with Crippen molar-refractivity contribution in [1.29, 1.82) is 0 Å². The summed E-state index contributed by atoms with van der Waals surface area (Å²) in [6, 6.07) is 8.56. The normalized spacial score (nSPS) is 17.8. The number of carbonyl (C=O) groups excluding carboxylic acids is 1. The number of carbonyl (C=O) groups is 1. The number of imidazole rings is 1. The van der Waals surface area contributed by atoms with Crippen LogP contribution in [0.25, 0.3) is 22.0 Å². The van der Waals surface area contributed by atoms with Crippen LogP contribution in [0, 0.1) is 0 Å². The van der Waals surface area contributed by atoms with Gasteiger partial charge in [0, 0.05) is 40.8 Å². The number of aromatic nitrogens is 5. The summed E-state index contributed by atoms with van der Waals surface area (Å²) >= 11 is 15.0. The number of rotatable bonds is 7. The van der Waals surface area contributed by atoms with Crippen molar-refractivity contribution in [3.8, 4) is 16.9 Å². The van der Waals surface area contributed by atoms with E-state index in [1.807, 2.05) is 24.3 Å². The number of hydrogen-bond donors (Lipinski definition) is 2.